The van der Waals surface area contributed by atoms with Gasteiger partial charge >= 0.3 is 0 Å². The highest BCUT2D eigenvalue weighted by Crippen LogP contribution is 2.06. The first kappa shape index (κ1) is 13.3. The Balaban J connectivity index is 2.17. The maximum absolute atomic E-state index is 4.60. The van der Waals surface area contributed by atoms with Crippen LogP contribution in [0.2, 0.25) is 0 Å². The second kappa shape index (κ2) is 8.37. The van der Waals surface area contributed by atoms with Crippen molar-refractivity contribution in [1.29, 1.82) is 0 Å². The third-order valence-corrected chi connectivity index (χ3v) is 2.97. The van der Waals surface area contributed by atoms with Crippen LogP contribution in [-0.4, -0.2) is 9.78 Å². The summed E-state index contributed by atoms with van der Waals surface area (Å²) in [4.78, 5) is 0. The van der Waals surface area contributed by atoms with E-state index in [1.54, 1.807) is 0 Å². The number of hydrogen-bond donors (Lipinski definition) is 0. The van der Waals surface area contributed by atoms with E-state index in [9.17, 15) is 0 Å². The summed E-state index contributed by atoms with van der Waals surface area (Å²) in [5.41, 5.74) is 1.27. The molecule has 0 unspecified atom stereocenters. The molecule has 2 nitrogen and oxygen atoms in total. The van der Waals surface area contributed by atoms with Gasteiger partial charge in [0, 0.05) is 12.7 Å². The largest absolute Gasteiger partial charge is 0.272 e. The van der Waals surface area contributed by atoms with Crippen molar-refractivity contribution in [3.05, 3.63) is 18.0 Å². The smallest absolute Gasteiger partial charge is 0.0624 e. The van der Waals surface area contributed by atoms with Gasteiger partial charge in [0.25, 0.3) is 0 Å². The molecule has 0 bridgehead atoms. The molecule has 0 saturated carbocycles. The molecule has 92 valence electrons. The van der Waals surface area contributed by atoms with Crippen molar-refractivity contribution in [3.63, 3.8) is 0 Å². The van der Waals surface area contributed by atoms with Crippen LogP contribution in [0.5, 0.6) is 0 Å². The summed E-state index contributed by atoms with van der Waals surface area (Å²) in [5, 5.41) is 4.60. The zero-order valence-electron chi connectivity index (χ0n) is 10.9. The molecule has 1 heterocycles. The highest BCUT2D eigenvalue weighted by molar-refractivity contribution is 4.98. The van der Waals surface area contributed by atoms with Crippen molar-refractivity contribution in [2.45, 2.75) is 71.8 Å². The molecule has 0 aliphatic carbocycles. The SMILES string of the molecule is CCCCCCn1ccc(CCCCC)n1. The molecule has 0 radical (unpaired) electrons. The normalized spacial score (nSPS) is 10.9. The van der Waals surface area contributed by atoms with Crippen LogP contribution in [-0.2, 0) is 13.0 Å². The van der Waals surface area contributed by atoms with Crippen molar-refractivity contribution in [3.8, 4) is 0 Å². The minimum Gasteiger partial charge on any atom is -0.272 e. The number of aryl methyl sites for hydroxylation is 2. The molecular weight excluding hydrogens is 196 g/mol. The monoisotopic (exact) mass is 222 g/mol. The summed E-state index contributed by atoms with van der Waals surface area (Å²) in [6.07, 6.45) is 12.4. The molecule has 0 aliphatic heterocycles. The molecule has 0 saturated heterocycles. The fourth-order valence-corrected chi connectivity index (χ4v) is 1.92. The van der Waals surface area contributed by atoms with Crippen molar-refractivity contribution >= 4 is 0 Å². The van der Waals surface area contributed by atoms with E-state index in [4.69, 9.17) is 0 Å². The quantitative estimate of drug-likeness (QED) is 0.573. The Labute approximate surface area is 100 Å². The Morgan fingerprint density at radius 3 is 2.50 bits per heavy atom. The van der Waals surface area contributed by atoms with E-state index in [2.05, 4.69) is 35.9 Å². The van der Waals surface area contributed by atoms with E-state index < -0.39 is 0 Å². The summed E-state index contributed by atoms with van der Waals surface area (Å²) in [6.45, 7) is 5.58. The minimum atomic E-state index is 1.09. The topological polar surface area (TPSA) is 17.8 Å². The molecule has 0 spiro atoms. The fourth-order valence-electron chi connectivity index (χ4n) is 1.92. The predicted octanol–water partition coefficient (Wildman–Crippen LogP) is 4.20. The highest BCUT2D eigenvalue weighted by atomic mass is 15.3. The predicted molar refractivity (Wildman–Crippen MR) is 69.6 cm³/mol. The first-order chi connectivity index (χ1) is 7.86. The first-order valence-corrected chi connectivity index (χ1v) is 6.89. The molecule has 0 atom stereocenters. The number of rotatable bonds is 9. The summed E-state index contributed by atoms with van der Waals surface area (Å²) < 4.78 is 2.11. The van der Waals surface area contributed by atoms with Gasteiger partial charge in [0.1, 0.15) is 0 Å². The fraction of sp³-hybridized carbons (Fsp3) is 0.786. The van der Waals surface area contributed by atoms with Crippen LogP contribution in [0, 0.1) is 0 Å². The van der Waals surface area contributed by atoms with E-state index >= 15 is 0 Å². The van der Waals surface area contributed by atoms with Crippen LogP contribution in [0.25, 0.3) is 0 Å². The number of hydrogen-bond acceptors (Lipinski definition) is 1. The average molecular weight is 222 g/mol. The molecule has 0 N–H and O–H groups in total. The van der Waals surface area contributed by atoms with Crippen LogP contribution in [0.4, 0.5) is 0 Å². The Bertz CT molecular complexity index is 265. The van der Waals surface area contributed by atoms with Gasteiger partial charge in [-0.15, -0.1) is 0 Å². The molecule has 2 heteroatoms. The van der Waals surface area contributed by atoms with Gasteiger partial charge in [0.2, 0.25) is 0 Å². The summed E-state index contributed by atoms with van der Waals surface area (Å²) >= 11 is 0. The van der Waals surface area contributed by atoms with E-state index in [1.807, 2.05) is 0 Å². The van der Waals surface area contributed by atoms with Crippen molar-refractivity contribution in [2.24, 2.45) is 0 Å². The maximum atomic E-state index is 4.60. The molecule has 0 amide bonds. The molecule has 0 fully saturated rings. The average Bonchev–Trinajstić information content (AvgIpc) is 2.73. The van der Waals surface area contributed by atoms with Crippen LogP contribution in [0.15, 0.2) is 12.3 Å². The molecule has 0 aromatic carbocycles. The van der Waals surface area contributed by atoms with Gasteiger partial charge in [0.15, 0.2) is 0 Å². The van der Waals surface area contributed by atoms with Gasteiger partial charge in [-0.3, -0.25) is 4.68 Å². The lowest BCUT2D eigenvalue weighted by Crippen LogP contribution is -1.99. The Kier molecular flexibility index (Phi) is 6.95. The molecule has 16 heavy (non-hydrogen) atoms. The highest BCUT2D eigenvalue weighted by Gasteiger charge is 1.98. The summed E-state index contributed by atoms with van der Waals surface area (Å²) in [7, 11) is 0. The standard InChI is InChI=1S/C14H26N2/c1-3-5-7-9-12-16-13-11-14(15-16)10-8-6-4-2/h11,13H,3-10,12H2,1-2H3. The zero-order chi connectivity index (χ0) is 11.6. The van der Waals surface area contributed by atoms with Gasteiger partial charge in [-0.2, -0.15) is 5.10 Å². The Morgan fingerprint density at radius 2 is 1.75 bits per heavy atom. The summed E-state index contributed by atoms with van der Waals surface area (Å²) in [6, 6.07) is 2.18. The third kappa shape index (κ3) is 5.34. The second-order valence-corrected chi connectivity index (χ2v) is 4.59. The van der Waals surface area contributed by atoms with E-state index in [-0.39, 0.29) is 0 Å². The van der Waals surface area contributed by atoms with Gasteiger partial charge < -0.3 is 0 Å². The van der Waals surface area contributed by atoms with E-state index in [0.29, 0.717) is 0 Å². The number of unbranched alkanes of at least 4 members (excludes halogenated alkanes) is 5. The Hall–Kier alpha value is -0.790. The maximum Gasteiger partial charge on any atom is 0.0624 e. The third-order valence-electron chi connectivity index (χ3n) is 2.97. The van der Waals surface area contributed by atoms with E-state index in [0.717, 1.165) is 13.0 Å². The van der Waals surface area contributed by atoms with Crippen LogP contribution >= 0.6 is 0 Å². The molecule has 1 aromatic heterocycles. The molecular formula is C14H26N2. The second-order valence-electron chi connectivity index (χ2n) is 4.59. The summed E-state index contributed by atoms with van der Waals surface area (Å²) in [5.74, 6) is 0. The number of nitrogens with zero attached hydrogens (tertiary/aromatic N) is 2. The molecule has 1 rings (SSSR count). The lowest BCUT2D eigenvalue weighted by molar-refractivity contribution is 0.535. The first-order valence-electron chi connectivity index (χ1n) is 6.89. The minimum absolute atomic E-state index is 1.09. The van der Waals surface area contributed by atoms with Gasteiger partial charge in [-0.05, 0) is 25.3 Å². The van der Waals surface area contributed by atoms with Gasteiger partial charge in [0.05, 0.1) is 5.69 Å². The zero-order valence-corrected chi connectivity index (χ0v) is 10.9. The Morgan fingerprint density at radius 1 is 1.00 bits per heavy atom. The number of aromatic nitrogens is 2. The van der Waals surface area contributed by atoms with Crippen molar-refractivity contribution in [2.75, 3.05) is 0 Å². The lowest BCUT2D eigenvalue weighted by atomic mass is 10.2. The van der Waals surface area contributed by atoms with Crippen LogP contribution in [0.3, 0.4) is 0 Å². The van der Waals surface area contributed by atoms with Gasteiger partial charge in [-0.1, -0.05) is 46.0 Å². The molecule has 0 aliphatic rings. The van der Waals surface area contributed by atoms with Crippen molar-refractivity contribution < 1.29 is 0 Å². The lowest BCUT2D eigenvalue weighted by Gasteiger charge is -2.00. The van der Waals surface area contributed by atoms with E-state index in [1.165, 1.54) is 50.6 Å². The molecule has 1 aromatic rings. The van der Waals surface area contributed by atoms with Gasteiger partial charge in [-0.25, -0.2) is 0 Å². The van der Waals surface area contributed by atoms with Crippen molar-refractivity contribution in [1.82, 2.24) is 9.78 Å². The van der Waals surface area contributed by atoms with Crippen LogP contribution < -0.4 is 0 Å². The van der Waals surface area contributed by atoms with Crippen LogP contribution in [0.1, 0.15) is 64.5 Å².